The Morgan fingerprint density at radius 1 is 0.828 bits per heavy atom. The Bertz CT molecular complexity index is 579. The van der Waals surface area contributed by atoms with Crippen molar-refractivity contribution in [3.8, 4) is 0 Å². The van der Waals surface area contributed by atoms with E-state index < -0.39 is 86.3 Å². The topological polar surface area (TPSA) is 207 Å². The molecule has 2 heterocycles. The zero-order chi connectivity index (χ0) is 21.9. The highest BCUT2D eigenvalue weighted by atomic mass is 16.7. The van der Waals surface area contributed by atoms with Crippen molar-refractivity contribution in [2.45, 2.75) is 75.1 Å². The van der Waals surface area contributed by atoms with Gasteiger partial charge in [-0.3, -0.25) is 9.59 Å². The molecule has 8 N–H and O–H groups in total. The van der Waals surface area contributed by atoms with Crippen LogP contribution < -0.4 is 10.6 Å². The Labute approximate surface area is 166 Å². The fraction of sp³-hybridized carbons (Fsp3) is 0.875. The maximum atomic E-state index is 11.4. The van der Waals surface area contributed by atoms with Crippen LogP contribution in [-0.4, -0.2) is 117 Å². The Balaban J connectivity index is 2.05. The van der Waals surface area contributed by atoms with E-state index in [2.05, 4.69) is 10.6 Å². The first-order valence-electron chi connectivity index (χ1n) is 9.04. The van der Waals surface area contributed by atoms with E-state index >= 15 is 0 Å². The number of ether oxygens (including phenoxy) is 3. The molecule has 0 aromatic rings. The van der Waals surface area contributed by atoms with Gasteiger partial charge in [0.2, 0.25) is 11.8 Å². The molecule has 0 aromatic carbocycles. The van der Waals surface area contributed by atoms with Gasteiger partial charge in [-0.2, -0.15) is 0 Å². The van der Waals surface area contributed by atoms with Crippen LogP contribution in [-0.2, 0) is 23.8 Å². The van der Waals surface area contributed by atoms with Crippen molar-refractivity contribution >= 4 is 11.8 Å². The maximum absolute atomic E-state index is 11.4. The standard InChI is InChI=1S/C16H28N2O11/c1-5(20)17-9-13(24)12(23)8(28-15(9)26)4-27-16-10(18-6(2)21)14(25)11(22)7(3-19)29-16/h7-16,19,22-26H,3-4H2,1-2H3,(H,17,20)(H,18,21)/t7-,8-,9-,10-,11-,12+,13-,14-,15-,16-/m1/s1. The lowest BCUT2D eigenvalue weighted by Gasteiger charge is -2.44. The molecule has 2 amide bonds. The van der Waals surface area contributed by atoms with E-state index in [1.807, 2.05) is 0 Å². The van der Waals surface area contributed by atoms with Gasteiger partial charge in [-0.05, 0) is 0 Å². The van der Waals surface area contributed by atoms with Crippen LogP contribution in [0.25, 0.3) is 0 Å². The fourth-order valence-electron chi connectivity index (χ4n) is 3.28. The van der Waals surface area contributed by atoms with Gasteiger partial charge >= 0.3 is 0 Å². The fourth-order valence-corrected chi connectivity index (χ4v) is 3.28. The Morgan fingerprint density at radius 3 is 1.90 bits per heavy atom. The van der Waals surface area contributed by atoms with Gasteiger partial charge in [-0.1, -0.05) is 0 Å². The molecule has 0 bridgehead atoms. The van der Waals surface area contributed by atoms with E-state index in [-0.39, 0.29) is 0 Å². The van der Waals surface area contributed by atoms with Crippen molar-refractivity contribution in [2.75, 3.05) is 13.2 Å². The number of hydrogen-bond donors (Lipinski definition) is 8. The number of carbonyl (C=O) groups excluding carboxylic acids is 2. The molecule has 10 atom stereocenters. The largest absolute Gasteiger partial charge is 0.394 e. The van der Waals surface area contributed by atoms with E-state index in [0.29, 0.717) is 0 Å². The van der Waals surface area contributed by atoms with Crippen molar-refractivity contribution < 1.29 is 54.4 Å². The summed E-state index contributed by atoms with van der Waals surface area (Å²) in [4.78, 5) is 22.6. The minimum absolute atomic E-state index is 0.455. The summed E-state index contributed by atoms with van der Waals surface area (Å²) in [6.07, 6.45) is -11.5. The van der Waals surface area contributed by atoms with Gasteiger partial charge in [0.25, 0.3) is 0 Å². The number of carbonyl (C=O) groups is 2. The van der Waals surface area contributed by atoms with Gasteiger partial charge in [-0.15, -0.1) is 0 Å². The Hall–Kier alpha value is -1.42. The van der Waals surface area contributed by atoms with Crippen molar-refractivity contribution in [1.29, 1.82) is 0 Å². The average molecular weight is 424 g/mol. The summed E-state index contributed by atoms with van der Waals surface area (Å²) >= 11 is 0. The molecule has 29 heavy (non-hydrogen) atoms. The van der Waals surface area contributed by atoms with E-state index in [1.165, 1.54) is 13.8 Å². The highest BCUT2D eigenvalue weighted by Crippen LogP contribution is 2.25. The number of hydrogen-bond acceptors (Lipinski definition) is 11. The predicted octanol–water partition coefficient (Wildman–Crippen LogP) is -5.11. The first-order chi connectivity index (χ1) is 13.6. The van der Waals surface area contributed by atoms with E-state index in [1.54, 1.807) is 0 Å². The lowest BCUT2D eigenvalue weighted by Crippen LogP contribution is -2.66. The number of nitrogens with one attached hydrogen (secondary N) is 2. The molecule has 168 valence electrons. The molecular formula is C16H28N2O11. The molecule has 0 radical (unpaired) electrons. The van der Waals surface area contributed by atoms with Crippen molar-refractivity contribution in [2.24, 2.45) is 0 Å². The zero-order valence-corrected chi connectivity index (χ0v) is 15.9. The zero-order valence-electron chi connectivity index (χ0n) is 15.9. The quantitative estimate of drug-likeness (QED) is 0.202. The third kappa shape index (κ3) is 5.59. The summed E-state index contributed by atoms with van der Waals surface area (Å²) in [6.45, 7) is 1.26. The third-order valence-corrected chi connectivity index (χ3v) is 4.77. The molecule has 2 aliphatic heterocycles. The van der Waals surface area contributed by atoms with Crippen LogP contribution in [0.15, 0.2) is 0 Å². The molecule has 2 aliphatic rings. The smallest absolute Gasteiger partial charge is 0.217 e. The predicted molar refractivity (Wildman–Crippen MR) is 91.8 cm³/mol. The highest BCUT2D eigenvalue weighted by Gasteiger charge is 2.48. The SMILES string of the molecule is CC(=O)N[C@@H]1[C@@H](O)[C@@H](O)[C@@H](CO[C@@H]2O[C@H](CO)[C@@H](O)[C@H](O)[C@H]2NC(C)=O)O[C@H]1O. The van der Waals surface area contributed by atoms with Crippen LogP contribution in [0.3, 0.4) is 0 Å². The minimum atomic E-state index is -1.64. The van der Waals surface area contributed by atoms with Gasteiger partial charge in [-0.25, -0.2) is 0 Å². The second-order valence-electron chi connectivity index (χ2n) is 7.04. The average Bonchev–Trinajstić information content (AvgIpc) is 2.65. The molecule has 0 aromatic heterocycles. The lowest BCUT2D eigenvalue weighted by atomic mass is 9.96. The van der Waals surface area contributed by atoms with E-state index in [9.17, 15) is 40.2 Å². The second kappa shape index (κ2) is 10.1. The lowest BCUT2D eigenvalue weighted by molar-refractivity contribution is -0.297. The molecule has 0 spiro atoms. The number of amides is 2. The Morgan fingerprint density at radius 2 is 1.34 bits per heavy atom. The molecule has 0 saturated carbocycles. The van der Waals surface area contributed by atoms with E-state index in [0.717, 1.165) is 0 Å². The molecule has 0 unspecified atom stereocenters. The third-order valence-electron chi connectivity index (χ3n) is 4.77. The summed E-state index contributed by atoms with van der Waals surface area (Å²) in [7, 11) is 0. The molecule has 13 heteroatoms. The molecule has 2 saturated heterocycles. The van der Waals surface area contributed by atoms with Crippen LogP contribution in [0.4, 0.5) is 0 Å². The van der Waals surface area contributed by atoms with Gasteiger partial charge < -0.3 is 55.5 Å². The maximum Gasteiger partial charge on any atom is 0.217 e. The van der Waals surface area contributed by atoms with Crippen LogP contribution >= 0.6 is 0 Å². The van der Waals surface area contributed by atoms with Crippen LogP contribution in [0.1, 0.15) is 13.8 Å². The van der Waals surface area contributed by atoms with Gasteiger partial charge in [0.05, 0.1) is 13.2 Å². The first kappa shape index (κ1) is 23.9. The van der Waals surface area contributed by atoms with E-state index in [4.69, 9.17) is 14.2 Å². The van der Waals surface area contributed by atoms with Gasteiger partial charge in [0, 0.05) is 13.8 Å². The Kier molecular flexibility index (Phi) is 8.28. The summed E-state index contributed by atoms with van der Waals surface area (Å²) in [5.41, 5.74) is 0. The van der Waals surface area contributed by atoms with Crippen molar-refractivity contribution in [3.05, 3.63) is 0 Å². The normalized spacial score (nSPS) is 42.9. The van der Waals surface area contributed by atoms with Crippen molar-refractivity contribution in [3.63, 3.8) is 0 Å². The monoisotopic (exact) mass is 424 g/mol. The number of rotatable bonds is 6. The molecule has 2 rings (SSSR count). The van der Waals surface area contributed by atoms with Crippen molar-refractivity contribution in [1.82, 2.24) is 10.6 Å². The molecule has 13 nitrogen and oxygen atoms in total. The summed E-state index contributed by atoms with van der Waals surface area (Å²) in [6, 6.07) is -2.46. The minimum Gasteiger partial charge on any atom is -0.394 e. The second-order valence-corrected chi connectivity index (χ2v) is 7.04. The molecule has 2 fully saturated rings. The first-order valence-corrected chi connectivity index (χ1v) is 9.04. The number of aliphatic hydroxyl groups is 6. The summed E-state index contributed by atoms with van der Waals surface area (Å²) < 4.78 is 16.0. The van der Waals surface area contributed by atoms with Crippen LogP contribution in [0.5, 0.6) is 0 Å². The van der Waals surface area contributed by atoms with Crippen LogP contribution in [0.2, 0.25) is 0 Å². The summed E-state index contributed by atoms with van der Waals surface area (Å²) in [5, 5.41) is 64.4. The van der Waals surface area contributed by atoms with Gasteiger partial charge in [0.15, 0.2) is 12.6 Å². The molecular weight excluding hydrogens is 396 g/mol. The summed E-state index contributed by atoms with van der Waals surface area (Å²) in [5.74, 6) is -1.09. The highest BCUT2D eigenvalue weighted by molar-refractivity contribution is 5.73. The van der Waals surface area contributed by atoms with Gasteiger partial charge in [0.1, 0.15) is 48.7 Å². The van der Waals surface area contributed by atoms with Crippen LogP contribution in [0, 0.1) is 0 Å². The number of aliphatic hydroxyl groups excluding tert-OH is 6. The molecule has 0 aliphatic carbocycles.